The maximum atomic E-state index is 12.8. The second-order valence-electron chi connectivity index (χ2n) is 6.16. The van der Waals surface area contributed by atoms with Crippen molar-refractivity contribution in [3.05, 3.63) is 59.0 Å². The fourth-order valence-corrected chi connectivity index (χ4v) is 4.75. The Morgan fingerprint density at radius 1 is 1.23 bits per heavy atom. The van der Waals surface area contributed by atoms with Crippen LogP contribution in [-0.2, 0) is 9.84 Å². The topological polar surface area (TPSA) is 110 Å². The molecule has 0 bridgehead atoms. The lowest BCUT2D eigenvalue weighted by atomic mass is 10.1. The summed E-state index contributed by atoms with van der Waals surface area (Å²) in [6.07, 6.45) is 0.828. The lowest BCUT2D eigenvalue weighted by molar-refractivity contribution is -0.706. The molecule has 0 aliphatic carbocycles. The second kappa shape index (κ2) is 7.61. The van der Waals surface area contributed by atoms with E-state index in [1.54, 1.807) is 35.6 Å². The minimum atomic E-state index is -3.10. The number of nitrogens with one attached hydrogen (secondary N) is 1. The first-order valence-electron chi connectivity index (χ1n) is 8.03. The quantitative estimate of drug-likeness (QED) is 0.548. The molecule has 7 nitrogen and oxygen atoms in total. The number of Topliss-reactive ketones (excluding diaryl/α,β-unsaturated/α-hetero) is 1. The number of rotatable bonds is 6. The Balaban J connectivity index is 1.79. The zero-order valence-corrected chi connectivity index (χ0v) is 15.3. The molecular weight excluding hydrogens is 380 g/mol. The van der Waals surface area contributed by atoms with Gasteiger partial charge in [-0.15, -0.1) is 0 Å². The third-order valence-corrected chi connectivity index (χ3v) is 6.22. The summed E-state index contributed by atoms with van der Waals surface area (Å²) in [7, 11) is -3.10. The minimum absolute atomic E-state index is 0.0198. The molecule has 1 aliphatic heterocycles. The molecule has 0 saturated carbocycles. The molecule has 2 aromatic rings. The molecule has 138 valence electrons. The number of nitrogens with two attached hydrogens (primary N) is 1. The van der Waals surface area contributed by atoms with Crippen molar-refractivity contribution in [2.45, 2.75) is 18.6 Å². The molecule has 1 aromatic carbocycles. The molecule has 3 N–H and O–H groups in total. The summed E-state index contributed by atoms with van der Waals surface area (Å²) in [5, 5.41) is 4.71. The van der Waals surface area contributed by atoms with Crippen molar-refractivity contribution in [3.63, 3.8) is 0 Å². The standard InChI is InChI=1S/C17H17ClN2O5S/c18-12-5-3-11(4-6-12)15(21)16(19-13-7-9-26(23,24)10-13)20-17(22)14-2-1-8-25-14/h1-6,8,13,16,19H,7,9-10H2,(H,20,22)/p+1/t13-,16+/m0/s1. The third kappa shape index (κ3) is 4.51. The first-order valence-corrected chi connectivity index (χ1v) is 10.2. The van der Waals surface area contributed by atoms with E-state index in [1.807, 2.05) is 0 Å². The Bertz CT molecular complexity index is 894. The molecule has 0 radical (unpaired) electrons. The van der Waals surface area contributed by atoms with Crippen molar-refractivity contribution in [1.29, 1.82) is 0 Å². The number of sulfone groups is 1. The predicted molar refractivity (Wildman–Crippen MR) is 94.7 cm³/mol. The monoisotopic (exact) mass is 397 g/mol. The van der Waals surface area contributed by atoms with Gasteiger partial charge in [0.05, 0.1) is 12.0 Å². The van der Waals surface area contributed by atoms with E-state index in [0.717, 1.165) is 0 Å². The molecule has 1 fully saturated rings. The SMILES string of the molecule is O=C(N[C@@H]([NH2+][C@H]1CCS(=O)(=O)C1)C(=O)c1ccc(Cl)cc1)c1ccco1. The van der Waals surface area contributed by atoms with Crippen molar-refractivity contribution < 1.29 is 27.7 Å². The molecule has 1 amide bonds. The molecule has 9 heteroatoms. The van der Waals surface area contributed by atoms with E-state index in [9.17, 15) is 18.0 Å². The average Bonchev–Trinajstić information content (AvgIpc) is 3.24. The highest BCUT2D eigenvalue weighted by molar-refractivity contribution is 7.91. The Morgan fingerprint density at radius 2 is 1.96 bits per heavy atom. The summed E-state index contributed by atoms with van der Waals surface area (Å²) in [4.78, 5) is 25.1. The molecule has 26 heavy (non-hydrogen) atoms. The van der Waals surface area contributed by atoms with E-state index in [4.69, 9.17) is 16.0 Å². The minimum Gasteiger partial charge on any atom is -0.459 e. The van der Waals surface area contributed by atoms with Crippen molar-refractivity contribution >= 4 is 33.1 Å². The van der Waals surface area contributed by atoms with Crippen molar-refractivity contribution in [3.8, 4) is 0 Å². The average molecular weight is 398 g/mol. The molecule has 0 unspecified atom stereocenters. The number of quaternary nitrogens is 1. The van der Waals surface area contributed by atoms with E-state index in [2.05, 4.69) is 5.32 Å². The molecule has 1 aliphatic rings. The maximum absolute atomic E-state index is 12.8. The van der Waals surface area contributed by atoms with Crippen LogP contribution in [0.25, 0.3) is 0 Å². The lowest BCUT2D eigenvalue weighted by Gasteiger charge is -2.19. The summed E-state index contributed by atoms with van der Waals surface area (Å²) in [6.45, 7) is 0. The van der Waals surface area contributed by atoms with Gasteiger partial charge in [0.15, 0.2) is 15.6 Å². The third-order valence-electron chi connectivity index (χ3n) is 4.18. The van der Waals surface area contributed by atoms with Gasteiger partial charge in [-0.3, -0.25) is 14.9 Å². The molecule has 3 rings (SSSR count). The van der Waals surface area contributed by atoms with E-state index >= 15 is 0 Å². The smallest absolute Gasteiger partial charge is 0.291 e. The number of hydrogen-bond donors (Lipinski definition) is 2. The second-order valence-corrected chi connectivity index (χ2v) is 8.82. The van der Waals surface area contributed by atoms with Crippen molar-refractivity contribution in [2.24, 2.45) is 0 Å². The van der Waals surface area contributed by atoms with Crippen molar-refractivity contribution in [1.82, 2.24) is 5.32 Å². The highest BCUT2D eigenvalue weighted by Gasteiger charge is 2.36. The Labute approximate surface area is 155 Å². The van der Waals surface area contributed by atoms with E-state index < -0.39 is 21.9 Å². The largest absolute Gasteiger partial charge is 0.459 e. The Kier molecular flexibility index (Phi) is 5.45. The van der Waals surface area contributed by atoms with E-state index in [0.29, 0.717) is 17.0 Å². The van der Waals surface area contributed by atoms with Gasteiger partial charge in [-0.05, 0) is 36.4 Å². The zero-order valence-electron chi connectivity index (χ0n) is 13.7. The van der Waals surface area contributed by atoms with Gasteiger partial charge in [0.25, 0.3) is 5.91 Å². The highest BCUT2D eigenvalue weighted by Crippen LogP contribution is 2.12. The molecule has 1 saturated heterocycles. The van der Waals surface area contributed by atoms with Crippen LogP contribution in [0.15, 0.2) is 47.1 Å². The number of benzene rings is 1. The van der Waals surface area contributed by atoms with Gasteiger partial charge >= 0.3 is 0 Å². The van der Waals surface area contributed by atoms with E-state index in [-0.39, 0.29) is 29.1 Å². The molecule has 2 atom stereocenters. The molecule has 2 heterocycles. The van der Waals surface area contributed by atoms with Gasteiger partial charge in [-0.1, -0.05) is 11.6 Å². The Hall–Kier alpha value is -2.16. The number of carbonyl (C=O) groups excluding carboxylic acids is 2. The number of hydrogen-bond acceptors (Lipinski definition) is 5. The van der Waals surface area contributed by atoms with Crippen LogP contribution in [0.5, 0.6) is 0 Å². The van der Waals surface area contributed by atoms with Crippen molar-refractivity contribution in [2.75, 3.05) is 11.5 Å². The molecular formula is C17H18ClN2O5S+. The van der Waals surface area contributed by atoms with Crippen LogP contribution < -0.4 is 10.6 Å². The number of ketones is 1. The van der Waals surface area contributed by atoms with Crippen LogP contribution in [0, 0.1) is 0 Å². The summed E-state index contributed by atoms with van der Waals surface area (Å²) < 4.78 is 28.4. The van der Waals surface area contributed by atoms with Gasteiger partial charge in [0.2, 0.25) is 11.9 Å². The summed E-state index contributed by atoms with van der Waals surface area (Å²) in [5.74, 6) is -0.743. The Morgan fingerprint density at radius 3 is 2.54 bits per heavy atom. The molecule has 1 aromatic heterocycles. The van der Waals surface area contributed by atoms with Gasteiger partial charge in [-0.25, -0.2) is 8.42 Å². The van der Waals surface area contributed by atoms with Gasteiger partial charge in [0.1, 0.15) is 11.8 Å². The predicted octanol–water partition coefficient (Wildman–Crippen LogP) is 0.622. The normalized spacial score (nSPS) is 19.8. The maximum Gasteiger partial charge on any atom is 0.291 e. The van der Waals surface area contributed by atoms with Gasteiger partial charge < -0.3 is 9.73 Å². The van der Waals surface area contributed by atoms with Crippen LogP contribution in [0.4, 0.5) is 0 Å². The number of halogens is 1. The van der Waals surface area contributed by atoms with Gasteiger partial charge in [-0.2, -0.15) is 0 Å². The first-order chi connectivity index (χ1) is 12.3. The highest BCUT2D eigenvalue weighted by atomic mass is 35.5. The fraction of sp³-hybridized carbons (Fsp3) is 0.294. The fourth-order valence-electron chi connectivity index (χ4n) is 2.86. The number of furan rings is 1. The van der Waals surface area contributed by atoms with Gasteiger partial charge in [0, 0.05) is 17.0 Å². The van der Waals surface area contributed by atoms with Crippen LogP contribution in [0.3, 0.4) is 0 Å². The van der Waals surface area contributed by atoms with Crippen LogP contribution in [0.2, 0.25) is 5.02 Å². The molecule has 0 spiro atoms. The summed E-state index contributed by atoms with van der Waals surface area (Å²) in [5.41, 5.74) is 0.372. The van der Waals surface area contributed by atoms with Crippen LogP contribution in [-0.4, -0.2) is 43.8 Å². The number of carbonyl (C=O) groups is 2. The summed E-state index contributed by atoms with van der Waals surface area (Å²) >= 11 is 5.85. The first kappa shape index (κ1) is 18.6. The van der Waals surface area contributed by atoms with Crippen LogP contribution >= 0.6 is 11.6 Å². The van der Waals surface area contributed by atoms with Crippen LogP contribution in [0.1, 0.15) is 27.3 Å². The number of amides is 1. The summed E-state index contributed by atoms with van der Waals surface area (Å²) in [6, 6.07) is 9.06. The zero-order chi connectivity index (χ0) is 18.7. The van der Waals surface area contributed by atoms with E-state index in [1.165, 1.54) is 12.3 Å². The lowest BCUT2D eigenvalue weighted by Crippen LogP contribution is -3.00.